The second-order valence-electron chi connectivity index (χ2n) is 4.85. The molecule has 0 fully saturated rings. The van der Waals surface area contributed by atoms with Gasteiger partial charge in [0, 0.05) is 18.9 Å². The molecule has 1 rings (SSSR count). The topological polar surface area (TPSA) is 46.2 Å². The summed E-state index contributed by atoms with van der Waals surface area (Å²) in [6, 6.07) is 0. The predicted octanol–water partition coefficient (Wildman–Crippen LogP) is 1.83. The molecule has 0 aromatic carbocycles. The van der Waals surface area contributed by atoms with E-state index in [1.165, 1.54) is 6.92 Å². The van der Waals surface area contributed by atoms with Gasteiger partial charge < -0.3 is 5.32 Å². The zero-order valence-corrected chi connectivity index (χ0v) is 9.89. The van der Waals surface area contributed by atoms with Crippen molar-refractivity contribution in [2.24, 2.45) is 5.92 Å². The Balaban J connectivity index is 2.74. The van der Waals surface area contributed by atoms with Crippen molar-refractivity contribution in [1.82, 2.24) is 5.32 Å². The summed E-state index contributed by atoms with van der Waals surface area (Å²) in [4.78, 5) is 22.6. The zero-order chi connectivity index (χ0) is 11.6. The standard InChI is InChI=1S/C12H19NO2/c1-8-5-6-10(7-11(8)15)12(3,4)13-9(2)14/h5,10H,6-7H2,1-4H3,(H,13,14). The van der Waals surface area contributed by atoms with Crippen LogP contribution in [0.1, 0.15) is 40.5 Å². The van der Waals surface area contributed by atoms with E-state index in [4.69, 9.17) is 0 Å². The molecule has 3 heteroatoms. The highest BCUT2D eigenvalue weighted by Gasteiger charge is 2.33. The third-order valence-corrected chi connectivity index (χ3v) is 3.10. The van der Waals surface area contributed by atoms with Crippen molar-refractivity contribution in [2.45, 2.75) is 46.1 Å². The smallest absolute Gasteiger partial charge is 0.217 e. The Bertz CT molecular complexity index is 316. The molecule has 1 unspecified atom stereocenters. The van der Waals surface area contributed by atoms with Gasteiger partial charge in [-0.2, -0.15) is 0 Å². The first-order chi connectivity index (χ1) is 6.83. The van der Waals surface area contributed by atoms with Crippen molar-refractivity contribution in [3.63, 3.8) is 0 Å². The lowest BCUT2D eigenvalue weighted by Crippen LogP contribution is -2.49. The van der Waals surface area contributed by atoms with Crippen molar-refractivity contribution in [3.05, 3.63) is 11.6 Å². The first kappa shape index (κ1) is 12.0. The third-order valence-electron chi connectivity index (χ3n) is 3.10. The second kappa shape index (κ2) is 4.17. The highest BCUT2D eigenvalue weighted by atomic mass is 16.1. The van der Waals surface area contributed by atoms with E-state index in [1.807, 2.05) is 26.8 Å². The van der Waals surface area contributed by atoms with Crippen LogP contribution in [0.2, 0.25) is 0 Å². The molecule has 0 bridgehead atoms. The molecule has 1 aliphatic rings. The average Bonchev–Trinajstić information content (AvgIpc) is 2.07. The van der Waals surface area contributed by atoms with Gasteiger partial charge >= 0.3 is 0 Å². The molecule has 0 aromatic rings. The quantitative estimate of drug-likeness (QED) is 0.754. The minimum Gasteiger partial charge on any atom is -0.351 e. The van der Waals surface area contributed by atoms with Gasteiger partial charge in [-0.3, -0.25) is 9.59 Å². The molecule has 3 nitrogen and oxygen atoms in total. The number of rotatable bonds is 2. The Morgan fingerprint density at radius 2 is 2.13 bits per heavy atom. The average molecular weight is 209 g/mol. The molecule has 0 saturated carbocycles. The van der Waals surface area contributed by atoms with E-state index in [0.29, 0.717) is 6.42 Å². The maximum absolute atomic E-state index is 11.6. The molecule has 0 aliphatic heterocycles. The molecular weight excluding hydrogens is 190 g/mol. The van der Waals surface area contributed by atoms with Crippen LogP contribution in [0, 0.1) is 5.92 Å². The highest BCUT2D eigenvalue weighted by molar-refractivity contribution is 5.95. The van der Waals surface area contributed by atoms with E-state index in [2.05, 4.69) is 5.32 Å². The summed E-state index contributed by atoms with van der Waals surface area (Å²) in [5.41, 5.74) is 0.545. The van der Waals surface area contributed by atoms with E-state index in [1.54, 1.807) is 0 Å². The maximum atomic E-state index is 11.6. The Morgan fingerprint density at radius 3 is 2.60 bits per heavy atom. The third kappa shape index (κ3) is 2.91. The van der Waals surface area contributed by atoms with Gasteiger partial charge in [0.05, 0.1) is 0 Å². The minimum absolute atomic E-state index is 0.0428. The SMILES string of the molecule is CC(=O)NC(C)(C)C1CC=C(C)C(=O)C1. The fourth-order valence-electron chi connectivity index (χ4n) is 2.01. The second-order valence-corrected chi connectivity index (χ2v) is 4.85. The van der Waals surface area contributed by atoms with Crippen LogP contribution in [0.4, 0.5) is 0 Å². The van der Waals surface area contributed by atoms with E-state index in [-0.39, 0.29) is 23.1 Å². The van der Waals surface area contributed by atoms with Gasteiger partial charge in [0.15, 0.2) is 5.78 Å². The fraction of sp³-hybridized carbons (Fsp3) is 0.667. The van der Waals surface area contributed by atoms with E-state index < -0.39 is 0 Å². The van der Waals surface area contributed by atoms with Crippen LogP contribution in [0.25, 0.3) is 0 Å². The molecule has 0 radical (unpaired) electrons. The minimum atomic E-state index is -0.307. The number of amides is 1. The molecule has 15 heavy (non-hydrogen) atoms. The number of Topliss-reactive ketones (excluding diaryl/α,β-unsaturated/α-hetero) is 1. The van der Waals surface area contributed by atoms with Gasteiger partial charge in [-0.1, -0.05) is 6.08 Å². The number of nitrogens with one attached hydrogen (secondary N) is 1. The van der Waals surface area contributed by atoms with Crippen molar-refractivity contribution in [3.8, 4) is 0 Å². The van der Waals surface area contributed by atoms with Crippen molar-refractivity contribution < 1.29 is 9.59 Å². The Hall–Kier alpha value is -1.12. The van der Waals surface area contributed by atoms with Crippen LogP contribution >= 0.6 is 0 Å². The number of carbonyl (C=O) groups excluding carboxylic acids is 2. The van der Waals surface area contributed by atoms with Crippen LogP contribution < -0.4 is 5.32 Å². The van der Waals surface area contributed by atoms with Gasteiger partial charge in [-0.05, 0) is 38.7 Å². The molecule has 0 saturated heterocycles. The van der Waals surface area contributed by atoms with Gasteiger partial charge in [0.1, 0.15) is 0 Å². The summed E-state index contributed by atoms with van der Waals surface area (Å²) in [6.45, 7) is 7.30. The van der Waals surface area contributed by atoms with E-state index in [9.17, 15) is 9.59 Å². The number of allylic oxidation sites excluding steroid dienone is 2. The Labute approximate surface area is 90.9 Å². The van der Waals surface area contributed by atoms with Crippen molar-refractivity contribution in [2.75, 3.05) is 0 Å². The van der Waals surface area contributed by atoms with Gasteiger partial charge in [0.25, 0.3) is 0 Å². The number of hydrogen-bond donors (Lipinski definition) is 1. The van der Waals surface area contributed by atoms with Gasteiger partial charge in [-0.25, -0.2) is 0 Å². The zero-order valence-electron chi connectivity index (χ0n) is 9.89. The molecule has 84 valence electrons. The summed E-state index contributed by atoms with van der Waals surface area (Å²) in [7, 11) is 0. The number of carbonyl (C=O) groups is 2. The van der Waals surface area contributed by atoms with Crippen molar-refractivity contribution in [1.29, 1.82) is 0 Å². The lowest BCUT2D eigenvalue weighted by molar-refractivity contribution is -0.123. The summed E-state index contributed by atoms with van der Waals surface area (Å²) in [5, 5.41) is 2.90. The lowest BCUT2D eigenvalue weighted by Gasteiger charge is -2.36. The molecule has 1 N–H and O–H groups in total. The molecule has 1 amide bonds. The first-order valence-electron chi connectivity index (χ1n) is 5.31. The normalized spacial score (nSPS) is 22.3. The highest BCUT2D eigenvalue weighted by Crippen LogP contribution is 2.29. The molecule has 0 heterocycles. The number of ketones is 1. The molecule has 0 spiro atoms. The molecular formula is C12H19NO2. The van der Waals surface area contributed by atoms with Crippen molar-refractivity contribution >= 4 is 11.7 Å². The predicted molar refractivity (Wildman–Crippen MR) is 59.4 cm³/mol. The van der Waals surface area contributed by atoms with Gasteiger partial charge in [0.2, 0.25) is 5.91 Å². The Kier molecular flexibility index (Phi) is 3.32. The summed E-state index contributed by atoms with van der Waals surface area (Å²) < 4.78 is 0. The molecule has 0 aromatic heterocycles. The summed E-state index contributed by atoms with van der Waals surface area (Å²) >= 11 is 0. The maximum Gasteiger partial charge on any atom is 0.217 e. The molecule has 1 atom stereocenters. The van der Waals surface area contributed by atoms with Crippen LogP contribution in [-0.2, 0) is 9.59 Å². The largest absolute Gasteiger partial charge is 0.351 e. The van der Waals surface area contributed by atoms with Crippen LogP contribution in [0.3, 0.4) is 0 Å². The van der Waals surface area contributed by atoms with Crippen LogP contribution in [0.5, 0.6) is 0 Å². The monoisotopic (exact) mass is 209 g/mol. The van der Waals surface area contributed by atoms with Crippen LogP contribution in [0.15, 0.2) is 11.6 Å². The van der Waals surface area contributed by atoms with E-state index in [0.717, 1.165) is 12.0 Å². The van der Waals surface area contributed by atoms with Crippen LogP contribution in [-0.4, -0.2) is 17.2 Å². The van der Waals surface area contributed by atoms with Gasteiger partial charge in [-0.15, -0.1) is 0 Å². The Morgan fingerprint density at radius 1 is 1.53 bits per heavy atom. The molecule has 1 aliphatic carbocycles. The lowest BCUT2D eigenvalue weighted by atomic mass is 9.77. The first-order valence-corrected chi connectivity index (χ1v) is 5.31. The number of hydrogen-bond acceptors (Lipinski definition) is 2. The fourth-order valence-corrected chi connectivity index (χ4v) is 2.01. The van der Waals surface area contributed by atoms with E-state index >= 15 is 0 Å². The summed E-state index contributed by atoms with van der Waals surface area (Å²) in [6.07, 6.45) is 3.38. The summed E-state index contributed by atoms with van der Waals surface area (Å²) in [5.74, 6) is 0.362.